The molecule has 0 amide bonds. The zero-order chi connectivity index (χ0) is 14.0. The molecule has 0 bridgehead atoms. The number of nitrogens with zero attached hydrogens (tertiary/aromatic N) is 2. The zero-order valence-corrected chi connectivity index (χ0v) is 11.8. The molecule has 1 unspecified atom stereocenters. The molecule has 1 saturated heterocycles. The highest BCUT2D eigenvalue weighted by Gasteiger charge is 2.36. The van der Waals surface area contributed by atoms with Crippen LogP contribution in [0.15, 0.2) is 28.8 Å². The first-order valence-corrected chi connectivity index (χ1v) is 7.00. The minimum Gasteiger partial charge on any atom is -0.493 e. The zero-order valence-electron chi connectivity index (χ0n) is 11.8. The summed E-state index contributed by atoms with van der Waals surface area (Å²) in [4.78, 5) is 4.58. The van der Waals surface area contributed by atoms with Crippen molar-refractivity contribution in [3.8, 4) is 17.1 Å². The lowest BCUT2D eigenvalue weighted by Crippen LogP contribution is -2.25. The Kier molecular flexibility index (Phi) is 3.44. The fraction of sp³-hybridized carbons (Fsp3) is 0.467. The fourth-order valence-electron chi connectivity index (χ4n) is 2.51. The fourth-order valence-corrected chi connectivity index (χ4v) is 2.51. The van der Waals surface area contributed by atoms with Crippen LogP contribution in [0.3, 0.4) is 0 Å². The van der Waals surface area contributed by atoms with Crippen LogP contribution in [0.25, 0.3) is 11.4 Å². The second-order valence-electron chi connectivity index (χ2n) is 5.34. The third-order valence-electron chi connectivity index (χ3n) is 3.74. The van der Waals surface area contributed by atoms with Gasteiger partial charge in [0.25, 0.3) is 0 Å². The highest BCUT2D eigenvalue weighted by Crippen LogP contribution is 2.32. The van der Waals surface area contributed by atoms with E-state index in [1.807, 2.05) is 31.2 Å². The van der Waals surface area contributed by atoms with Crippen LogP contribution in [0.2, 0.25) is 0 Å². The van der Waals surface area contributed by atoms with Crippen molar-refractivity contribution in [3.05, 3.63) is 30.2 Å². The maximum Gasteiger partial charge on any atom is 0.234 e. The molecule has 5 heteroatoms. The summed E-state index contributed by atoms with van der Waals surface area (Å²) < 4.78 is 11.1. The van der Waals surface area contributed by atoms with Gasteiger partial charge >= 0.3 is 0 Å². The number of rotatable bonds is 4. The molecule has 0 aliphatic carbocycles. The van der Waals surface area contributed by atoms with Crippen LogP contribution in [-0.2, 0) is 5.41 Å². The standard InChI is InChI=1S/C15H19N3O2/c1-3-19-12-7-5-4-6-11(12)13-17-14(20-18-13)15(2)8-9-16-10-15/h4-7,16H,3,8-10H2,1-2H3. The predicted octanol–water partition coefficient (Wildman–Crippen LogP) is 2.39. The number of hydrogen-bond donors (Lipinski definition) is 1. The van der Waals surface area contributed by atoms with Gasteiger partial charge in [-0.15, -0.1) is 0 Å². The summed E-state index contributed by atoms with van der Waals surface area (Å²) >= 11 is 0. The number of ether oxygens (including phenoxy) is 1. The van der Waals surface area contributed by atoms with Gasteiger partial charge in [-0.25, -0.2) is 0 Å². The van der Waals surface area contributed by atoms with Gasteiger partial charge in [0, 0.05) is 6.54 Å². The molecule has 2 aromatic rings. The summed E-state index contributed by atoms with van der Waals surface area (Å²) in [5.41, 5.74) is 0.810. The number of benzene rings is 1. The number of nitrogens with one attached hydrogen (secondary N) is 1. The van der Waals surface area contributed by atoms with E-state index in [2.05, 4.69) is 22.4 Å². The highest BCUT2D eigenvalue weighted by molar-refractivity contribution is 5.63. The minimum atomic E-state index is -0.0637. The lowest BCUT2D eigenvalue weighted by atomic mass is 9.90. The van der Waals surface area contributed by atoms with Crippen LogP contribution >= 0.6 is 0 Å². The quantitative estimate of drug-likeness (QED) is 0.926. The first-order valence-electron chi connectivity index (χ1n) is 7.00. The molecule has 3 rings (SSSR count). The molecule has 0 spiro atoms. The molecule has 1 atom stereocenters. The van der Waals surface area contributed by atoms with E-state index in [4.69, 9.17) is 9.26 Å². The van der Waals surface area contributed by atoms with Crippen molar-refractivity contribution in [2.24, 2.45) is 0 Å². The lowest BCUT2D eigenvalue weighted by Gasteiger charge is -2.15. The monoisotopic (exact) mass is 273 g/mol. The lowest BCUT2D eigenvalue weighted by molar-refractivity contribution is 0.306. The van der Waals surface area contributed by atoms with Crippen molar-refractivity contribution < 1.29 is 9.26 Å². The Hall–Kier alpha value is -1.88. The number of para-hydroxylation sites is 1. The van der Waals surface area contributed by atoms with Crippen molar-refractivity contribution in [3.63, 3.8) is 0 Å². The normalized spacial score (nSPS) is 22.1. The molecular weight excluding hydrogens is 254 g/mol. The molecule has 0 radical (unpaired) electrons. The topological polar surface area (TPSA) is 60.2 Å². The van der Waals surface area contributed by atoms with E-state index in [1.165, 1.54) is 0 Å². The summed E-state index contributed by atoms with van der Waals surface area (Å²) in [7, 11) is 0. The van der Waals surface area contributed by atoms with E-state index in [9.17, 15) is 0 Å². The van der Waals surface area contributed by atoms with E-state index in [0.717, 1.165) is 30.8 Å². The van der Waals surface area contributed by atoms with E-state index < -0.39 is 0 Å². The molecule has 5 nitrogen and oxygen atoms in total. The van der Waals surface area contributed by atoms with Gasteiger partial charge in [0.15, 0.2) is 0 Å². The smallest absolute Gasteiger partial charge is 0.234 e. The average molecular weight is 273 g/mol. The largest absolute Gasteiger partial charge is 0.493 e. The van der Waals surface area contributed by atoms with Crippen molar-refractivity contribution in [2.75, 3.05) is 19.7 Å². The van der Waals surface area contributed by atoms with Crippen LogP contribution < -0.4 is 10.1 Å². The van der Waals surface area contributed by atoms with E-state index >= 15 is 0 Å². The van der Waals surface area contributed by atoms with Crippen LogP contribution in [0.5, 0.6) is 5.75 Å². The molecule has 1 aromatic heterocycles. The van der Waals surface area contributed by atoms with Crippen molar-refractivity contribution in [1.82, 2.24) is 15.5 Å². The highest BCUT2D eigenvalue weighted by atomic mass is 16.5. The molecule has 0 saturated carbocycles. The Morgan fingerprint density at radius 1 is 1.40 bits per heavy atom. The SMILES string of the molecule is CCOc1ccccc1-c1noc(C2(C)CCNC2)n1. The van der Waals surface area contributed by atoms with Gasteiger partial charge < -0.3 is 14.6 Å². The van der Waals surface area contributed by atoms with Gasteiger partial charge in [-0.1, -0.05) is 17.3 Å². The van der Waals surface area contributed by atoms with E-state index in [-0.39, 0.29) is 5.41 Å². The van der Waals surface area contributed by atoms with Gasteiger partial charge in [0.1, 0.15) is 5.75 Å². The van der Waals surface area contributed by atoms with E-state index in [0.29, 0.717) is 18.3 Å². The summed E-state index contributed by atoms with van der Waals surface area (Å²) in [5.74, 6) is 2.08. The van der Waals surface area contributed by atoms with Gasteiger partial charge in [-0.2, -0.15) is 4.98 Å². The van der Waals surface area contributed by atoms with Gasteiger partial charge in [-0.3, -0.25) is 0 Å². The molecule has 1 aromatic carbocycles. The number of hydrogen-bond acceptors (Lipinski definition) is 5. The van der Waals surface area contributed by atoms with Gasteiger partial charge in [-0.05, 0) is 38.9 Å². The Bertz CT molecular complexity index is 588. The van der Waals surface area contributed by atoms with Crippen LogP contribution in [0, 0.1) is 0 Å². The van der Waals surface area contributed by atoms with E-state index in [1.54, 1.807) is 0 Å². The van der Waals surface area contributed by atoms with Crippen LogP contribution in [-0.4, -0.2) is 29.8 Å². The molecule has 1 fully saturated rings. The molecule has 106 valence electrons. The molecule has 20 heavy (non-hydrogen) atoms. The van der Waals surface area contributed by atoms with Gasteiger partial charge in [0.05, 0.1) is 17.6 Å². The van der Waals surface area contributed by atoms with Gasteiger partial charge in [0.2, 0.25) is 11.7 Å². The molecule has 1 N–H and O–H groups in total. The third kappa shape index (κ3) is 2.29. The van der Waals surface area contributed by atoms with Crippen LogP contribution in [0.1, 0.15) is 26.2 Å². The maximum absolute atomic E-state index is 5.62. The molecular formula is C15H19N3O2. The van der Waals surface area contributed by atoms with Crippen molar-refractivity contribution in [1.29, 1.82) is 0 Å². The Labute approximate surface area is 118 Å². The summed E-state index contributed by atoms with van der Waals surface area (Å²) in [5, 5.41) is 7.46. The summed E-state index contributed by atoms with van der Waals surface area (Å²) in [6, 6.07) is 7.77. The summed E-state index contributed by atoms with van der Waals surface area (Å²) in [6.45, 7) is 6.59. The Morgan fingerprint density at radius 3 is 3.00 bits per heavy atom. The third-order valence-corrected chi connectivity index (χ3v) is 3.74. The second kappa shape index (κ2) is 5.25. The van der Waals surface area contributed by atoms with Crippen molar-refractivity contribution >= 4 is 0 Å². The predicted molar refractivity (Wildman–Crippen MR) is 75.7 cm³/mol. The Balaban J connectivity index is 1.94. The first-order chi connectivity index (χ1) is 9.73. The average Bonchev–Trinajstić information content (AvgIpc) is 3.09. The maximum atomic E-state index is 5.62. The van der Waals surface area contributed by atoms with Crippen molar-refractivity contribution in [2.45, 2.75) is 25.7 Å². The van der Waals surface area contributed by atoms with Crippen LogP contribution in [0.4, 0.5) is 0 Å². The summed E-state index contributed by atoms with van der Waals surface area (Å²) in [6.07, 6.45) is 1.02. The molecule has 1 aliphatic rings. The first kappa shape index (κ1) is 13.1. The number of aromatic nitrogens is 2. The molecule has 2 heterocycles. The Morgan fingerprint density at radius 2 is 2.25 bits per heavy atom. The second-order valence-corrected chi connectivity index (χ2v) is 5.34. The minimum absolute atomic E-state index is 0.0637. The molecule has 1 aliphatic heterocycles.